The molecule has 0 aliphatic rings. The number of aromatic nitrogens is 6. The fourth-order valence-corrected chi connectivity index (χ4v) is 14.0. The second kappa shape index (κ2) is 21.4. The quantitative estimate of drug-likeness (QED) is 0.127. The zero-order valence-corrected chi connectivity index (χ0v) is 49.5. The number of nitrogens with zero attached hydrogens (tertiary/aromatic N) is 6. The SMILES string of the molecule is O=c1cc(-c2cc(-c3cc(-c4ccccc4)nc(-c4ccccc4)c3)nc(-c3cc(-c4ccccc4)nc(-c4ccccc4)c3)c2)c2c(-n3c4ccccc4c4ccccc43)c(-n3c4ccccc4c4ccccc43)cc(-n3c4ccccc4c4ccccc43)c2o1. The van der Waals surface area contributed by atoms with Crippen molar-refractivity contribution >= 4 is 76.4 Å². The fourth-order valence-electron chi connectivity index (χ4n) is 14.0. The lowest BCUT2D eigenvalue weighted by Gasteiger charge is -2.23. The van der Waals surface area contributed by atoms with Crippen LogP contribution < -0.4 is 5.63 Å². The van der Waals surface area contributed by atoms with Crippen LogP contribution >= 0.6 is 0 Å². The summed E-state index contributed by atoms with van der Waals surface area (Å²) in [5, 5.41) is 7.28. The molecule has 0 atom stereocenters. The van der Waals surface area contributed by atoms with Gasteiger partial charge in [0.05, 0.1) is 89.7 Å². The molecule has 18 rings (SSSR count). The van der Waals surface area contributed by atoms with E-state index in [2.05, 4.69) is 250 Å². The third-order valence-electron chi connectivity index (χ3n) is 18.0. The molecule has 0 saturated heterocycles. The number of pyridine rings is 3. The molecule has 0 bridgehead atoms. The summed E-state index contributed by atoms with van der Waals surface area (Å²) in [6, 6.07) is 110. The molecule has 0 aliphatic heterocycles. The number of fused-ring (bicyclic) bond motifs is 10. The van der Waals surface area contributed by atoms with E-state index < -0.39 is 5.63 Å². The van der Waals surface area contributed by atoms with Gasteiger partial charge in [0.25, 0.3) is 0 Å². The maximum absolute atomic E-state index is 15.5. The summed E-state index contributed by atoms with van der Waals surface area (Å²) in [6.07, 6.45) is 0. The maximum atomic E-state index is 15.5. The second-order valence-electron chi connectivity index (χ2n) is 23.4. The van der Waals surface area contributed by atoms with E-state index in [-0.39, 0.29) is 0 Å². The minimum absolute atomic E-state index is 0.420. The average molecular weight is 1180 g/mol. The minimum Gasteiger partial charge on any atom is -0.420 e. The van der Waals surface area contributed by atoms with Gasteiger partial charge in [0.1, 0.15) is 0 Å². The molecule has 11 aromatic carbocycles. The number of rotatable bonds is 10. The van der Waals surface area contributed by atoms with Crippen molar-refractivity contribution in [3.05, 3.63) is 326 Å². The molecule has 430 valence electrons. The summed E-state index contributed by atoms with van der Waals surface area (Å²) in [5.74, 6) is 0. The van der Waals surface area contributed by atoms with Crippen molar-refractivity contribution in [3.63, 3.8) is 0 Å². The summed E-state index contributed by atoms with van der Waals surface area (Å²) >= 11 is 0. The molecule has 0 saturated carbocycles. The van der Waals surface area contributed by atoms with E-state index in [1.54, 1.807) is 6.07 Å². The summed E-state index contributed by atoms with van der Waals surface area (Å²) in [5.41, 5.74) is 19.8. The van der Waals surface area contributed by atoms with Crippen LogP contribution in [0.25, 0.3) is 172 Å². The van der Waals surface area contributed by atoms with Gasteiger partial charge in [-0.15, -0.1) is 0 Å². The maximum Gasteiger partial charge on any atom is 0.336 e. The Labute approximate surface area is 528 Å². The molecule has 8 nitrogen and oxygen atoms in total. The predicted octanol–water partition coefficient (Wildman–Crippen LogP) is 20.9. The minimum atomic E-state index is -0.504. The zero-order valence-electron chi connectivity index (χ0n) is 49.5. The van der Waals surface area contributed by atoms with Crippen LogP contribution in [0.1, 0.15) is 0 Å². The van der Waals surface area contributed by atoms with Crippen LogP contribution in [0.5, 0.6) is 0 Å². The Morgan fingerprint density at radius 1 is 0.250 bits per heavy atom. The summed E-state index contributed by atoms with van der Waals surface area (Å²) < 4.78 is 14.1. The summed E-state index contributed by atoms with van der Waals surface area (Å²) in [4.78, 5) is 32.0. The summed E-state index contributed by atoms with van der Waals surface area (Å²) in [6.45, 7) is 0. The molecule has 0 spiro atoms. The van der Waals surface area contributed by atoms with Crippen LogP contribution in [0.2, 0.25) is 0 Å². The first-order valence-corrected chi connectivity index (χ1v) is 30.9. The number of para-hydroxylation sites is 6. The normalized spacial score (nSPS) is 11.7. The average Bonchev–Trinajstić information content (AvgIpc) is 1.49. The molecule has 18 aromatic rings. The standard InChI is InChI=1S/C84H52N6O2/c91-81-51-66(57-45-71(58-47-67(53-25-5-1-6-26-53)85-68(48-58)54-27-7-2-8-28-54)87-72(46-57)59-49-69(55-29-9-3-10-30-55)86-70(50-59)56-31-11-4-12-32-56)82-83(90-77-43-23-17-37-64(77)65-38-18-24-44-78(65)90)79(88-73-39-19-13-33-60(73)61-34-14-20-40-74(61)88)52-80(84(82)92-81)89-75-41-21-15-35-62(75)63-36-16-22-42-76(63)89/h1-52H. The van der Waals surface area contributed by atoms with Crippen LogP contribution in [0.15, 0.2) is 325 Å². The van der Waals surface area contributed by atoms with Crippen molar-refractivity contribution < 1.29 is 4.42 Å². The third-order valence-corrected chi connectivity index (χ3v) is 18.0. The molecular formula is C84H52N6O2. The molecule has 7 heterocycles. The number of benzene rings is 11. The van der Waals surface area contributed by atoms with E-state index in [4.69, 9.17) is 19.4 Å². The Kier molecular flexibility index (Phi) is 12.2. The smallest absolute Gasteiger partial charge is 0.336 e. The van der Waals surface area contributed by atoms with Crippen molar-refractivity contribution in [1.29, 1.82) is 0 Å². The van der Waals surface area contributed by atoms with Crippen molar-refractivity contribution in [2.45, 2.75) is 0 Å². The Morgan fingerprint density at radius 3 is 0.859 bits per heavy atom. The Balaban J connectivity index is 1.04. The van der Waals surface area contributed by atoms with Crippen LogP contribution in [-0.4, -0.2) is 28.7 Å². The highest BCUT2D eigenvalue weighted by Gasteiger charge is 2.29. The largest absolute Gasteiger partial charge is 0.420 e. The molecule has 92 heavy (non-hydrogen) atoms. The van der Waals surface area contributed by atoms with E-state index in [1.807, 2.05) is 72.8 Å². The van der Waals surface area contributed by atoms with Gasteiger partial charge < -0.3 is 18.1 Å². The van der Waals surface area contributed by atoms with Gasteiger partial charge in [-0.1, -0.05) is 231 Å². The van der Waals surface area contributed by atoms with Crippen LogP contribution in [0.4, 0.5) is 0 Å². The number of hydrogen-bond donors (Lipinski definition) is 0. The first-order valence-electron chi connectivity index (χ1n) is 30.9. The van der Waals surface area contributed by atoms with Crippen molar-refractivity contribution in [3.8, 4) is 95.7 Å². The first kappa shape index (κ1) is 52.6. The topological polar surface area (TPSA) is 83.7 Å². The second-order valence-corrected chi connectivity index (χ2v) is 23.4. The molecule has 0 N–H and O–H groups in total. The van der Waals surface area contributed by atoms with E-state index in [0.717, 1.165) is 144 Å². The van der Waals surface area contributed by atoms with E-state index in [9.17, 15) is 0 Å². The van der Waals surface area contributed by atoms with Gasteiger partial charge in [0.2, 0.25) is 0 Å². The molecule has 0 unspecified atom stereocenters. The molecule has 0 radical (unpaired) electrons. The van der Waals surface area contributed by atoms with Crippen LogP contribution in [0.3, 0.4) is 0 Å². The van der Waals surface area contributed by atoms with E-state index in [1.165, 1.54) is 0 Å². The van der Waals surface area contributed by atoms with Crippen molar-refractivity contribution in [2.75, 3.05) is 0 Å². The Morgan fingerprint density at radius 2 is 0.522 bits per heavy atom. The lowest BCUT2D eigenvalue weighted by atomic mass is 9.94. The molecule has 7 aromatic heterocycles. The van der Waals surface area contributed by atoms with Crippen LogP contribution in [0, 0.1) is 0 Å². The monoisotopic (exact) mass is 1180 g/mol. The fraction of sp³-hybridized carbons (Fsp3) is 0. The van der Waals surface area contributed by atoms with Crippen molar-refractivity contribution in [2.24, 2.45) is 0 Å². The van der Waals surface area contributed by atoms with E-state index >= 15 is 4.79 Å². The third kappa shape index (κ3) is 8.61. The van der Waals surface area contributed by atoms with Crippen molar-refractivity contribution in [1.82, 2.24) is 28.7 Å². The molecule has 8 heteroatoms. The highest BCUT2D eigenvalue weighted by atomic mass is 16.4. The van der Waals surface area contributed by atoms with Gasteiger partial charge in [0.15, 0.2) is 5.58 Å². The lowest BCUT2D eigenvalue weighted by Crippen LogP contribution is -2.10. The van der Waals surface area contributed by atoms with Crippen LogP contribution in [-0.2, 0) is 0 Å². The summed E-state index contributed by atoms with van der Waals surface area (Å²) in [7, 11) is 0. The van der Waals surface area contributed by atoms with Gasteiger partial charge in [-0.3, -0.25) is 0 Å². The Bertz CT molecular complexity index is 5610. The molecule has 0 amide bonds. The van der Waals surface area contributed by atoms with Gasteiger partial charge in [-0.05, 0) is 84.4 Å². The van der Waals surface area contributed by atoms with Gasteiger partial charge in [0, 0.05) is 77.3 Å². The first-order chi connectivity index (χ1) is 45.5. The van der Waals surface area contributed by atoms with Gasteiger partial charge in [-0.2, -0.15) is 0 Å². The number of hydrogen-bond acceptors (Lipinski definition) is 5. The van der Waals surface area contributed by atoms with Gasteiger partial charge in [-0.25, -0.2) is 19.7 Å². The molecular weight excluding hydrogens is 1120 g/mol. The zero-order chi connectivity index (χ0) is 60.8. The Hall–Kier alpha value is -12.5. The molecule has 0 fully saturated rings. The highest BCUT2D eigenvalue weighted by Crippen LogP contribution is 2.48. The lowest BCUT2D eigenvalue weighted by molar-refractivity contribution is 0.560. The van der Waals surface area contributed by atoms with E-state index in [0.29, 0.717) is 28.2 Å². The van der Waals surface area contributed by atoms with Gasteiger partial charge >= 0.3 is 5.63 Å². The highest BCUT2D eigenvalue weighted by molar-refractivity contribution is 6.17. The predicted molar refractivity (Wildman–Crippen MR) is 377 cm³/mol. The molecule has 0 aliphatic carbocycles.